The highest BCUT2D eigenvalue weighted by molar-refractivity contribution is 5.93. The molecule has 1 amide bonds. The predicted octanol–water partition coefficient (Wildman–Crippen LogP) is 2.94. The quantitative estimate of drug-likeness (QED) is 0.738. The molecule has 0 aliphatic carbocycles. The highest BCUT2D eigenvalue weighted by Crippen LogP contribution is 2.22. The zero-order valence-corrected chi connectivity index (χ0v) is 15.0. The first kappa shape index (κ1) is 17.6. The predicted molar refractivity (Wildman–Crippen MR) is 98.4 cm³/mol. The van der Waals surface area contributed by atoms with Gasteiger partial charge in [-0.1, -0.05) is 12.1 Å². The van der Waals surface area contributed by atoms with Gasteiger partial charge in [0.05, 0.1) is 18.2 Å². The highest BCUT2D eigenvalue weighted by Gasteiger charge is 2.08. The topological polar surface area (TPSA) is 81.9 Å². The fourth-order valence-electron chi connectivity index (χ4n) is 2.55. The summed E-state index contributed by atoms with van der Waals surface area (Å²) in [6, 6.07) is 13.2. The Kier molecular flexibility index (Phi) is 5.26. The number of hydrogen-bond donors (Lipinski definition) is 1. The first-order chi connectivity index (χ1) is 12.5. The fourth-order valence-corrected chi connectivity index (χ4v) is 2.55. The van der Waals surface area contributed by atoms with E-state index in [1.807, 2.05) is 63.2 Å². The first-order valence-corrected chi connectivity index (χ1v) is 8.41. The Balaban J connectivity index is 1.62. The molecule has 0 unspecified atom stereocenters. The highest BCUT2D eigenvalue weighted by atomic mass is 16.5. The Morgan fingerprint density at radius 2 is 1.96 bits per heavy atom. The largest absolute Gasteiger partial charge is 0.491 e. The SMILES string of the molecule is Cc1cc(OC(C)C)ccc1NC(=O)Cc1ccc(-n2cnnn2)cc1. The second-order valence-electron chi connectivity index (χ2n) is 6.29. The van der Waals surface area contributed by atoms with E-state index >= 15 is 0 Å². The van der Waals surface area contributed by atoms with Crippen LogP contribution in [0.15, 0.2) is 48.8 Å². The van der Waals surface area contributed by atoms with Crippen molar-refractivity contribution in [1.82, 2.24) is 20.2 Å². The van der Waals surface area contributed by atoms with E-state index in [0.29, 0.717) is 6.42 Å². The molecule has 3 aromatic rings. The number of nitrogens with one attached hydrogen (secondary N) is 1. The van der Waals surface area contributed by atoms with Gasteiger partial charge in [-0.2, -0.15) is 0 Å². The standard InChI is InChI=1S/C19H21N5O2/c1-13(2)26-17-8-9-18(14(3)10-17)21-19(25)11-15-4-6-16(7-5-15)24-12-20-22-23-24/h4-10,12-13H,11H2,1-3H3,(H,21,25). The molecule has 0 spiro atoms. The summed E-state index contributed by atoms with van der Waals surface area (Å²) in [4.78, 5) is 12.3. The second-order valence-corrected chi connectivity index (χ2v) is 6.29. The molecule has 0 fully saturated rings. The minimum absolute atomic E-state index is 0.0687. The van der Waals surface area contributed by atoms with Crippen LogP contribution in [0.25, 0.3) is 5.69 Å². The summed E-state index contributed by atoms with van der Waals surface area (Å²) in [6.45, 7) is 5.91. The summed E-state index contributed by atoms with van der Waals surface area (Å²) in [5, 5.41) is 14.0. The molecule has 134 valence electrons. The van der Waals surface area contributed by atoms with Crippen LogP contribution in [0.5, 0.6) is 5.75 Å². The van der Waals surface area contributed by atoms with Crippen LogP contribution >= 0.6 is 0 Å². The van der Waals surface area contributed by atoms with Crippen LogP contribution in [0.3, 0.4) is 0 Å². The van der Waals surface area contributed by atoms with Crippen molar-refractivity contribution in [3.63, 3.8) is 0 Å². The average Bonchev–Trinajstić information content (AvgIpc) is 3.12. The number of hydrogen-bond acceptors (Lipinski definition) is 5. The number of ether oxygens (including phenoxy) is 1. The van der Waals surface area contributed by atoms with Crippen LogP contribution in [0, 0.1) is 6.92 Å². The molecule has 1 N–H and O–H groups in total. The number of amides is 1. The molecule has 26 heavy (non-hydrogen) atoms. The van der Waals surface area contributed by atoms with Crippen molar-refractivity contribution < 1.29 is 9.53 Å². The van der Waals surface area contributed by atoms with E-state index in [1.54, 1.807) is 4.68 Å². The van der Waals surface area contributed by atoms with Gasteiger partial charge in [0.1, 0.15) is 12.1 Å². The first-order valence-electron chi connectivity index (χ1n) is 8.41. The molecule has 0 bridgehead atoms. The average molecular weight is 351 g/mol. The van der Waals surface area contributed by atoms with Crippen LogP contribution < -0.4 is 10.1 Å². The molecule has 2 aromatic carbocycles. The molecular formula is C19H21N5O2. The van der Waals surface area contributed by atoms with Gasteiger partial charge < -0.3 is 10.1 Å². The third kappa shape index (κ3) is 4.44. The molecular weight excluding hydrogens is 330 g/mol. The number of rotatable bonds is 6. The van der Waals surface area contributed by atoms with E-state index in [0.717, 1.165) is 28.3 Å². The lowest BCUT2D eigenvalue weighted by Gasteiger charge is -2.13. The van der Waals surface area contributed by atoms with Gasteiger partial charge in [-0.15, -0.1) is 5.10 Å². The molecule has 0 aliphatic heterocycles. The van der Waals surface area contributed by atoms with Gasteiger partial charge in [0.15, 0.2) is 0 Å². The number of benzene rings is 2. The van der Waals surface area contributed by atoms with E-state index in [-0.39, 0.29) is 12.0 Å². The maximum Gasteiger partial charge on any atom is 0.228 e. The lowest BCUT2D eigenvalue weighted by Crippen LogP contribution is -2.15. The minimum Gasteiger partial charge on any atom is -0.491 e. The Morgan fingerprint density at radius 1 is 1.19 bits per heavy atom. The summed E-state index contributed by atoms with van der Waals surface area (Å²) in [5.41, 5.74) is 3.51. The molecule has 1 heterocycles. The summed E-state index contributed by atoms with van der Waals surface area (Å²) < 4.78 is 7.23. The van der Waals surface area contributed by atoms with Crippen LogP contribution in [-0.4, -0.2) is 32.2 Å². The van der Waals surface area contributed by atoms with Crippen molar-refractivity contribution in [2.75, 3.05) is 5.32 Å². The smallest absolute Gasteiger partial charge is 0.228 e. The Hall–Kier alpha value is -3.22. The summed E-state index contributed by atoms with van der Waals surface area (Å²) in [6.07, 6.45) is 1.93. The zero-order valence-electron chi connectivity index (χ0n) is 15.0. The molecule has 3 rings (SSSR count). The lowest BCUT2D eigenvalue weighted by molar-refractivity contribution is -0.115. The van der Waals surface area contributed by atoms with Crippen LogP contribution in [0.1, 0.15) is 25.0 Å². The normalized spacial score (nSPS) is 10.8. The number of aryl methyl sites for hydroxylation is 1. The van der Waals surface area contributed by atoms with Gasteiger partial charge in [0, 0.05) is 5.69 Å². The van der Waals surface area contributed by atoms with Crippen molar-refractivity contribution in [1.29, 1.82) is 0 Å². The lowest BCUT2D eigenvalue weighted by atomic mass is 10.1. The number of carbonyl (C=O) groups excluding carboxylic acids is 1. The van der Waals surface area contributed by atoms with Crippen LogP contribution in [0.2, 0.25) is 0 Å². The van der Waals surface area contributed by atoms with Crippen LogP contribution in [-0.2, 0) is 11.2 Å². The van der Waals surface area contributed by atoms with Crippen molar-refractivity contribution in [2.45, 2.75) is 33.3 Å². The van der Waals surface area contributed by atoms with Gasteiger partial charge >= 0.3 is 0 Å². The summed E-state index contributed by atoms with van der Waals surface area (Å²) in [7, 11) is 0. The number of tetrazole rings is 1. The van der Waals surface area contributed by atoms with E-state index in [9.17, 15) is 4.79 Å². The van der Waals surface area contributed by atoms with Gasteiger partial charge in [-0.3, -0.25) is 4.79 Å². The van der Waals surface area contributed by atoms with Gasteiger partial charge in [0.2, 0.25) is 5.91 Å². The van der Waals surface area contributed by atoms with Crippen molar-refractivity contribution in [2.24, 2.45) is 0 Å². The molecule has 0 saturated heterocycles. The molecule has 7 nitrogen and oxygen atoms in total. The Labute approximate surface area is 152 Å². The van der Waals surface area contributed by atoms with Gasteiger partial charge in [0.25, 0.3) is 0 Å². The fraction of sp³-hybridized carbons (Fsp3) is 0.263. The minimum atomic E-state index is -0.0687. The number of aromatic nitrogens is 4. The molecule has 0 saturated carbocycles. The molecule has 0 aliphatic rings. The molecule has 1 aromatic heterocycles. The maximum atomic E-state index is 12.3. The zero-order chi connectivity index (χ0) is 18.5. The Morgan fingerprint density at radius 3 is 2.58 bits per heavy atom. The summed E-state index contributed by atoms with van der Waals surface area (Å²) in [5.74, 6) is 0.731. The van der Waals surface area contributed by atoms with E-state index < -0.39 is 0 Å². The van der Waals surface area contributed by atoms with E-state index in [1.165, 1.54) is 6.33 Å². The van der Waals surface area contributed by atoms with Crippen molar-refractivity contribution in [3.05, 3.63) is 59.9 Å². The molecule has 0 atom stereocenters. The number of anilines is 1. The van der Waals surface area contributed by atoms with E-state index in [2.05, 4.69) is 20.8 Å². The van der Waals surface area contributed by atoms with Crippen molar-refractivity contribution in [3.8, 4) is 11.4 Å². The van der Waals surface area contributed by atoms with E-state index in [4.69, 9.17) is 4.74 Å². The van der Waals surface area contributed by atoms with Crippen molar-refractivity contribution >= 4 is 11.6 Å². The third-order valence-electron chi connectivity index (χ3n) is 3.76. The third-order valence-corrected chi connectivity index (χ3v) is 3.76. The maximum absolute atomic E-state index is 12.3. The monoisotopic (exact) mass is 351 g/mol. The number of nitrogens with zero attached hydrogens (tertiary/aromatic N) is 4. The summed E-state index contributed by atoms with van der Waals surface area (Å²) >= 11 is 0. The molecule has 7 heteroatoms. The number of carbonyl (C=O) groups is 1. The van der Waals surface area contributed by atoms with Gasteiger partial charge in [-0.25, -0.2) is 4.68 Å². The van der Waals surface area contributed by atoms with Crippen LogP contribution in [0.4, 0.5) is 5.69 Å². The van der Waals surface area contributed by atoms with Gasteiger partial charge in [-0.05, 0) is 72.7 Å². The second kappa shape index (κ2) is 7.77. The molecule has 0 radical (unpaired) electrons. The Bertz CT molecular complexity index is 873.